The van der Waals surface area contributed by atoms with Crippen LogP contribution in [-0.4, -0.2) is 0 Å². The van der Waals surface area contributed by atoms with E-state index in [9.17, 15) is 0 Å². The van der Waals surface area contributed by atoms with Gasteiger partial charge in [0.2, 0.25) is 0 Å². The molecule has 0 aliphatic heterocycles. The van der Waals surface area contributed by atoms with E-state index in [4.69, 9.17) is 0 Å². The summed E-state index contributed by atoms with van der Waals surface area (Å²) >= 11 is 0. The molecule has 0 heteroatoms. The zero-order valence-electron chi connectivity index (χ0n) is 13.7. The maximum absolute atomic E-state index is 3.89. The molecule has 1 aromatic rings. The first-order valence-electron chi connectivity index (χ1n) is 7.26. The Kier molecular flexibility index (Phi) is 18.2. The maximum Gasteiger partial charge on any atom is -0.0115 e. The molecule has 20 heavy (non-hydrogen) atoms. The van der Waals surface area contributed by atoms with E-state index in [0.717, 1.165) is 0 Å². The van der Waals surface area contributed by atoms with Crippen LogP contribution in [0.3, 0.4) is 0 Å². The summed E-state index contributed by atoms with van der Waals surface area (Å²) in [6.45, 7) is 18.1. The molecule has 0 N–H and O–H groups in total. The monoisotopic (exact) mass is 274 g/mol. The molecule has 0 atom stereocenters. The highest BCUT2D eigenvalue weighted by Crippen LogP contribution is 2.23. The molecule has 0 nitrogen and oxygen atoms in total. The van der Waals surface area contributed by atoms with E-state index in [1.54, 1.807) is 0 Å². The van der Waals surface area contributed by atoms with Gasteiger partial charge < -0.3 is 0 Å². The molecule has 0 saturated carbocycles. The number of rotatable bonds is 3. The molecular formula is C20H34. The lowest BCUT2D eigenvalue weighted by molar-refractivity contribution is 1.41. The standard InChI is InChI=1S/C15H18.2C2H6.CH4/c1-5-8-13-11-10-12(4)15(9-6-2)14(13)7-3;2*1-2;/h5-11H,3H2,1-2,4H3;2*1-2H3;1H4/b8-5-,9-6-;;;. The number of allylic oxidation sites excluding steroid dienone is 2. The third-order valence-electron chi connectivity index (χ3n) is 2.42. The van der Waals surface area contributed by atoms with E-state index < -0.39 is 0 Å². The Bertz CT molecular complexity index is 406. The van der Waals surface area contributed by atoms with E-state index >= 15 is 0 Å². The third-order valence-corrected chi connectivity index (χ3v) is 2.42. The number of aryl methyl sites for hydroxylation is 1. The molecule has 0 heterocycles. The first kappa shape index (κ1) is 23.5. The van der Waals surface area contributed by atoms with Crippen LogP contribution < -0.4 is 0 Å². The lowest BCUT2D eigenvalue weighted by Gasteiger charge is -2.09. The summed E-state index contributed by atoms with van der Waals surface area (Å²) in [7, 11) is 0. The third kappa shape index (κ3) is 7.13. The van der Waals surface area contributed by atoms with Crippen molar-refractivity contribution < 1.29 is 0 Å². The highest BCUT2D eigenvalue weighted by molar-refractivity contribution is 5.75. The van der Waals surface area contributed by atoms with E-state index in [-0.39, 0.29) is 7.43 Å². The van der Waals surface area contributed by atoms with Crippen molar-refractivity contribution in [3.8, 4) is 0 Å². The van der Waals surface area contributed by atoms with Crippen LogP contribution in [0.4, 0.5) is 0 Å². The second-order valence-electron chi connectivity index (χ2n) is 3.50. The number of hydrogen-bond acceptors (Lipinski definition) is 0. The van der Waals surface area contributed by atoms with Gasteiger partial charge in [0.15, 0.2) is 0 Å². The van der Waals surface area contributed by atoms with Gasteiger partial charge in [-0.3, -0.25) is 0 Å². The second-order valence-corrected chi connectivity index (χ2v) is 3.50. The molecule has 0 unspecified atom stereocenters. The molecule has 114 valence electrons. The smallest absolute Gasteiger partial charge is 0.0115 e. The molecule has 0 aliphatic carbocycles. The average molecular weight is 274 g/mol. The van der Waals surface area contributed by atoms with Crippen LogP contribution in [0.2, 0.25) is 0 Å². The highest BCUT2D eigenvalue weighted by Gasteiger charge is 2.03. The quantitative estimate of drug-likeness (QED) is 0.539. The Morgan fingerprint density at radius 1 is 0.850 bits per heavy atom. The molecule has 1 rings (SSSR count). The lowest BCUT2D eigenvalue weighted by Crippen LogP contribution is -1.90. The van der Waals surface area contributed by atoms with Crippen molar-refractivity contribution in [1.82, 2.24) is 0 Å². The lowest BCUT2D eigenvalue weighted by atomic mass is 9.96. The van der Waals surface area contributed by atoms with Gasteiger partial charge >= 0.3 is 0 Å². The SMILES string of the molecule is C.C=Cc1c(/C=C\C)ccc(C)c1/C=C\C.CC.CC. The van der Waals surface area contributed by atoms with Crippen LogP contribution in [0, 0.1) is 6.92 Å². The summed E-state index contributed by atoms with van der Waals surface area (Å²) in [5, 5.41) is 0. The molecule has 1 aromatic carbocycles. The molecule has 0 fully saturated rings. The van der Waals surface area contributed by atoms with Crippen molar-refractivity contribution in [2.75, 3.05) is 0 Å². The van der Waals surface area contributed by atoms with Crippen molar-refractivity contribution in [2.45, 2.75) is 55.9 Å². The van der Waals surface area contributed by atoms with Gasteiger partial charge in [-0.25, -0.2) is 0 Å². The van der Waals surface area contributed by atoms with E-state index in [2.05, 4.69) is 49.9 Å². The molecule has 0 aliphatic rings. The zero-order chi connectivity index (χ0) is 15.3. The van der Waals surface area contributed by atoms with E-state index in [0.29, 0.717) is 0 Å². The van der Waals surface area contributed by atoms with E-state index in [1.807, 2.05) is 47.6 Å². The molecular weight excluding hydrogens is 240 g/mol. The van der Waals surface area contributed by atoms with Gasteiger partial charge in [0.1, 0.15) is 0 Å². The number of hydrogen-bond donors (Lipinski definition) is 0. The maximum atomic E-state index is 3.89. The van der Waals surface area contributed by atoms with Crippen LogP contribution in [0.1, 0.15) is 71.2 Å². The minimum Gasteiger partial charge on any atom is -0.0984 e. The summed E-state index contributed by atoms with van der Waals surface area (Å²) in [4.78, 5) is 0. The Morgan fingerprint density at radius 3 is 1.75 bits per heavy atom. The van der Waals surface area contributed by atoms with Gasteiger partial charge in [-0.15, -0.1) is 0 Å². The zero-order valence-corrected chi connectivity index (χ0v) is 13.7. The molecule has 0 saturated heterocycles. The van der Waals surface area contributed by atoms with Gasteiger partial charge in [0.25, 0.3) is 0 Å². The minimum absolute atomic E-state index is 0. The van der Waals surface area contributed by atoms with E-state index in [1.165, 1.54) is 22.3 Å². The molecule has 0 amide bonds. The van der Waals surface area contributed by atoms with Crippen molar-refractivity contribution >= 4 is 18.2 Å². The Morgan fingerprint density at radius 2 is 1.35 bits per heavy atom. The van der Waals surface area contributed by atoms with Crippen LogP contribution in [0.25, 0.3) is 18.2 Å². The Labute approximate surface area is 127 Å². The van der Waals surface area contributed by atoms with Crippen LogP contribution in [0.15, 0.2) is 30.9 Å². The average Bonchev–Trinajstić information content (AvgIpc) is 2.47. The normalized spacial score (nSPS) is 9.15. The molecule has 0 bridgehead atoms. The summed E-state index contributed by atoms with van der Waals surface area (Å²) in [6.07, 6.45) is 10.3. The van der Waals surface area contributed by atoms with Crippen LogP contribution >= 0.6 is 0 Å². The second kappa shape index (κ2) is 15.5. The summed E-state index contributed by atoms with van der Waals surface area (Å²) in [5.41, 5.74) is 5.00. The first-order chi connectivity index (χ1) is 9.24. The topological polar surface area (TPSA) is 0 Å². The molecule has 0 aromatic heterocycles. The van der Waals surface area contributed by atoms with Crippen molar-refractivity contribution in [2.24, 2.45) is 0 Å². The van der Waals surface area contributed by atoms with Gasteiger partial charge in [0, 0.05) is 0 Å². The fourth-order valence-corrected chi connectivity index (χ4v) is 1.70. The van der Waals surface area contributed by atoms with Crippen molar-refractivity contribution in [3.05, 3.63) is 53.1 Å². The fraction of sp³-hybridized carbons (Fsp3) is 0.400. The highest BCUT2D eigenvalue weighted by atomic mass is 14.1. The summed E-state index contributed by atoms with van der Waals surface area (Å²) in [5.74, 6) is 0. The Balaban J connectivity index is -0.000000529. The minimum atomic E-state index is 0. The first-order valence-corrected chi connectivity index (χ1v) is 7.26. The predicted molar refractivity (Wildman–Crippen MR) is 100 cm³/mol. The van der Waals surface area contributed by atoms with Crippen molar-refractivity contribution in [1.29, 1.82) is 0 Å². The van der Waals surface area contributed by atoms with Gasteiger partial charge in [-0.2, -0.15) is 0 Å². The summed E-state index contributed by atoms with van der Waals surface area (Å²) < 4.78 is 0. The molecule has 0 radical (unpaired) electrons. The predicted octanol–water partition coefficient (Wildman–Crippen LogP) is 7.39. The van der Waals surface area contributed by atoms with Crippen molar-refractivity contribution in [3.63, 3.8) is 0 Å². The number of benzene rings is 1. The Hall–Kier alpha value is -1.56. The largest absolute Gasteiger partial charge is 0.0984 e. The van der Waals surface area contributed by atoms with Crippen LogP contribution in [-0.2, 0) is 0 Å². The fourth-order valence-electron chi connectivity index (χ4n) is 1.70. The van der Waals surface area contributed by atoms with Crippen LogP contribution in [0.5, 0.6) is 0 Å². The van der Waals surface area contributed by atoms with Gasteiger partial charge in [-0.05, 0) is 43.0 Å². The van der Waals surface area contributed by atoms with Gasteiger partial charge in [-0.1, -0.05) is 84.2 Å². The summed E-state index contributed by atoms with van der Waals surface area (Å²) in [6, 6.07) is 4.29. The molecule has 0 spiro atoms. The van der Waals surface area contributed by atoms with Gasteiger partial charge in [0.05, 0.1) is 0 Å².